The first-order chi connectivity index (χ1) is 18.8. The van der Waals surface area contributed by atoms with E-state index in [1.807, 2.05) is 4.90 Å². The van der Waals surface area contributed by atoms with Crippen molar-refractivity contribution < 1.29 is 33.1 Å². The molecule has 0 radical (unpaired) electrons. The van der Waals surface area contributed by atoms with E-state index in [2.05, 4.69) is 37.3 Å². The third kappa shape index (κ3) is 9.06. The Kier molecular flexibility index (Phi) is 11.1. The Labute approximate surface area is 229 Å². The van der Waals surface area contributed by atoms with Crippen LogP contribution >= 0.6 is 0 Å². The molecule has 0 bridgehead atoms. The number of allylic oxidation sites excluding steroid dienone is 1. The van der Waals surface area contributed by atoms with E-state index in [1.54, 1.807) is 26.8 Å². The van der Waals surface area contributed by atoms with E-state index in [4.69, 9.17) is 5.21 Å². The fraction of sp³-hybridized carbons (Fsp3) is 0.385. The summed E-state index contributed by atoms with van der Waals surface area (Å²) in [7, 11) is 0. The van der Waals surface area contributed by atoms with Gasteiger partial charge in [0.15, 0.2) is 0 Å². The number of carbonyl (C=O) groups is 2. The monoisotopic (exact) mass is 563 g/mol. The molecule has 1 atom stereocenters. The first-order valence-corrected chi connectivity index (χ1v) is 12.2. The van der Waals surface area contributed by atoms with E-state index in [9.17, 15) is 27.9 Å². The van der Waals surface area contributed by atoms with E-state index in [0.717, 1.165) is 0 Å². The maximum atomic E-state index is 13.0. The molecule has 40 heavy (non-hydrogen) atoms. The van der Waals surface area contributed by atoms with E-state index in [-0.39, 0.29) is 11.3 Å². The Hall–Kier alpha value is -4.49. The number of pyridine rings is 1. The summed E-state index contributed by atoms with van der Waals surface area (Å²) in [5.41, 5.74) is 0.581. The molecule has 0 spiro atoms. The zero-order valence-electron chi connectivity index (χ0n) is 22.6. The predicted molar refractivity (Wildman–Crippen MR) is 145 cm³/mol. The smallest absolute Gasteiger partial charge is 0.420 e. The van der Waals surface area contributed by atoms with Crippen molar-refractivity contribution in [2.45, 2.75) is 52.8 Å². The van der Waals surface area contributed by atoms with E-state index < -0.39 is 41.2 Å². The molecule has 1 unspecified atom stereocenters. The highest BCUT2D eigenvalue weighted by Gasteiger charge is 2.34. The van der Waals surface area contributed by atoms with Gasteiger partial charge in [-0.1, -0.05) is 11.7 Å². The Morgan fingerprint density at radius 1 is 1.23 bits per heavy atom. The van der Waals surface area contributed by atoms with Crippen molar-refractivity contribution in [3.63, 3.8) is 0 Å². The molecule has 216 valence electrons. The van der Waals surface area contributed by atoms with Crippen LogP contribution in [0.25, 0.3) is 0 Å². The second-order valence-corrected chi connectivity index (χ2v) is 8.88. The van der Waals surface area contributed by atoms with E-state index in [0.29, 0.717) is 55.3 Å². The third-order valence-electron chi connectivity index (χ3n) is 5.92. The Morgan fingerprint density at radius 2 is 1.88 bits per heavy atom. The van der Waals surface area contributed by atoms with Gasteiger partial charge < -0.3 is 25.8 Å². The van der Waals surface area contributed by atoms with Crippen LogP contribution in [-0.4, -0.2) is 68.8 Å². The lowest BCUT2D eigenvalue weighted by Crippen LogP contribution is -2.38. The Bertz CT molecular complexity index is 1270. The second kappa shape index (κ2) is 14.1. The van der Waals surface area contributed by atoms with Crippen LogP contribution < -0.4 is 10.6 Å². The van der Waals surface area contributed by atoms with Crippen LogP contribution in [0.3, 0.4) is 0 Å². The zero-order chi connectivity index (χ0) is 30.0. The molecule has 1 aliphatic heterocycles. The number of aromatic hydroxyl groups is 1. The van der Waals surface area contributed by atoms with Gasteiger partial charge in [-0.3, -0.25) is 19.6 Å². The maximum absolute atomic E-state index is 13.0. The summed E-state index contributed by atoms with van der Waals surface area (Å²) < 4.78 is 38.9. The quantitative estimate of drug-likeness (QED) is 0.117. The number of halogens is 3. The number of rotatable bonds is 9. The maximum Gasteiger partial charge on any atom is 0.420 e. The van der Waals surface area contributed by atoms with Crippen LogP contribution in [0.15, 0.2) is 63.2 Å². The number of hydrogen-bond donors (Lipinski definition) is 4. The molecular formula is C26H32F3N7O4. The van der Waals surface area contributed by atoms with Gasteiger partial charge in [0.05, 0.1) is 18.0 Å². The molecule has 0 aromatic carbocycles. The number of nitrogens with zero attached hydrogens (tertiary/aromatic N) is 5. The van der Waals surface area contributed by atoms with Crippen LogP contribution in [0.4, 0.5) is 19.0 Å². The molecular weight excluding hydrogens is 531 g/mol. The Balaban J connectivity index is 2.05. The number of carbonyl (C=O) groups excluding carboxylic acids is 2. The average molecular weight is 564 g/mol. The van der Waals surface area contributed by atoms with Gasteiger partial charge in [0, 0.05) is 55.3 Å². The molecule has 11 nitrogen and oxygen atoms in total. The third-order valence-corrected chi connectivity index (χ3v) is 5.92. The van der Waals surface area contributed by atoms with Crippen LogP contribution in [0.1, 0.15) is 46.1 Å². The molecule has 1 fully saturated rings. The minimum absolute atomic E-state index is 0.0599. The molecule has 2 heterocycles. The molecule has 2 rings (SSSR count). The lowest BCUT2D eigenvalue weighted by atomic mass is 10.1. The van der Waals surface area contributed by atoms with Crippen LogP contribution in [-0.2, 0) is 15.8 Å². The molecule has 0 aliphatic carbocycles. The first kappa shape index (κ1) is 31.7. The highest BCUT2D eigenvalue weighted by Crippen LogP contribution is 2.36. The standard InChI is InChI=1S/C26H32F3N7O4/c1-6-30-21(11-16(3)36-9-7-19(35-40)8-10-36)25(39)33-18(5)17(4)31-13-15(2)24(38)34-23-12-20(26(27,28)29)22(37)14-32-23/h6,11-14,18,37,40H,3,7-10H2,1-2,4-5H3,(H,33,39)(H,32,34,38)/b15-13+,21-11-,30-6-,31-17+. The predicted octanol–water partition coefficient (Wildman–Crippen LogP) is 4.03. The highest BCUT2D eigenvalue weighted by molar-refractivity contribution is 6.03. The van der Waals surface area contributed by atoms with Crippen molar-refractivity contribution in [1.82, 2.24) is 15.2 Å². The summed E-state index contributed by atoms with van der Waals surface area (Å²) in [5, 5.41) is 26.5. The summed E-state index contributed by atoms with van der Waals surface area (Å²) in [6, 6.07) is -0.0355. The van der Waals surface area contributed by atoms with Gasteiger partial charge in [-0.25, -0.2) is 4.98 Å². The SMILES string of the molecule is C=C(/C=C(\N=C/C)C(=O)NC(C)/C(C)=N/C=C(\C)C(=O)Nc1cc(C(F)(F)F)c(O)cn1)N1CCC(=NO)CC1. The second-order valence-electron chi connectivity index (χ2n) is 8.88. The van der Waals surface area contributed by atoms with Crippen molar-refractivity contribution in [3.05, 3.63) is 53.6 Å². The molecule has 1 aliphatic rings. The van der Waals surface area contributed by atoms with Gasteiger partial charge >= 0.3 is 6.18 Å². The van der Waals surface area contributed by atoms with Crippen molar-refractivity contribution in [2.75, 3.05) is 18.4 Å². The van der Waals surface area contributed by atoms with E-state index in [1.165, 1.54) is 19.3 Å². The van der Waals surface area contributed by atoms with Gasteiger partial charge in [-0.05, 0) is 39.8 Å². The molecule has 1 aromatic rings. The molecule has 2 amide bonds. The number of aromatic nitrogens is 1. The normalized spacial score (nSPS) is 16.1. The first-order valence-electron chi connectivity index (χ1n) is 12.2. The summed E-state index contributed by atoms with van der Waals surface area (Å²) in [6.07, 6.45) is 1.19. The molecule has 0 saturated carbocycles. The molecule has 14 heteroatoms. The van der Waals surface area contributed by atoms with Gasteiger partial charge in [-0.2, -0.15) is 13.2 Å². The van der Waals surface area contributed by atoms with Gasteiger partial charge in [0.2, 0.25) is 0 Å². The topological polar surface area (TPSA) is 152 Å². The van der Waals surface area contributed by atoms with Crippen molar-refractivity contribution in [1.29, 1.82) is 0 Å². The summed E-state index contributed by atoms with van der Waals surface area (Å²) in [4.78, 5) is 39.2. The summed E-state index contributed by atoms with van der Waals surface area (Å²) in [6.45, 7) is 11.6. The minimum Gasteiger partial charge on any atom is -0.506 e. The fourth-order valence-corrected chi connectivity index (χ4v) is 3.40. The summed E-state index contributed by atoms with van der Waals surface area (Å²) >= 11 is 0. The van der Waals surface area contributed by atoms with Crippen LogP contribution in [0.2, 0.25) is 0 Å². The van der Waals surface area contributed by atoms with Gasteiger partial charge in [0.25, 0.3) is 11.8 Å². The van der Waals surface area contributed by atoms with Crippen LogP contribution in [0.5, 0.6) is 5.75 Å². The number of alkyl halides is 3. The number of anilines is 1. The minimum atomic E-state index is -4.82. The number of hydrogen-bond acceptors (Lipinski definition) is 9. The van der Waals surface area contributed by atoms with Crippen molar-refractivity contribution in [2.24, 2.45) is 15.1 Å². The number of aliphatic imine (C=N–C) groups is 2. The average Bonchev–Trinajstić information content (AvgIpc) is 2.91. The number of amides is 2. The lowest BCUT2D eigenvalue weighted by Gasteiger charge is -2.29. The fourth-order valence-electron chi connectivity index (χ4n) is 3.40. The van der Waals surface area contributed by atoms with Gasteiger partial charge in [-0.15, -0.1) is 0 Å². The van der Waals surface area contributed by atoms with Crippen molar-refractivity contribution in [3.8, 4) is 5.75 Å². The number of likely N-dealkylation sites (tertiary alicyclic amines) is 1. The largest absolute Gasteiger partial charge is 0.506 e. The molecule has 4 N–H and O–H groups in total. The molecule has 1 aromatic heterocycles. The van der Waals surface area contributed by atoms with Crippen molar-refractivity contribution >= 4 is 35.3 Å². The zero-order valence-corrected chi connectivity index (χ0v) is 22.6. The molecule has 1 saturated heterocycles. The number of oxime groups is 1. The van der Waals surface area contributed by atoms with Crippen LogP contribution in [0, 0.1) is 0 Å². The van der Waals surface area contributed by atoms with E-state index >= 15 is 0 Å². The highest BCUT2D eigenvalue weighted by atomic mass is 19.4. The number of piperidine rings is 1. The number of nitrogens with one attached hydrogen (secondary N) is 2. The summed E-state index contributed by atoms with van der Waals surface area (Å²) in [5.74, 6) is -2.68. The lowest BCUT2D eigenvalue weighted by molar-refractivity contribution is -0.138. The Morgan fingerprint density at radius 3 is 2.45 bits per heavy atom. The van der Waals surface area contributed by atoms with Gasteiger partial charge in [0.1, 0.15) is 22.8 Å².